The Morgan fingerprint density at radius 1 is 1.53 bits per heavy atom. The summed E-state index contributed by atoms with van der Waals surface area (Å²) in [7, 11) is 1.63. The van der Waals surface area contributed by atoms with E-state index in [-0.39, 0.29) is 11.9 Å². The molecule has 0 aliphatic rings. The highest BCUT2D eigenvalue weighted by atomic mass is 16.5. The van der Waals surface area contributed by atoms with Crippen molar-refractivity contribution in [2.24, 2.45) is 0 Å². The molecule has 0 aliphatic carbocycles. The van der Waals surface area contributed by atoms with E-state index in [1.807, 2.05) is 25.1 Å². The van der Waals surface area contributed by atoms with Crippen molar-refractivity contribution in [1.82, 2.24) is 15.6 Å². The van der Waals surface area contributed by atoms with Crippen LogP contribution in [0.1, 0.15) is 18.7 Å². The number of hydrogen-bond donors (Lipinski definition) is 2. The third-order valence-corrected chi connectivity index (χ3v) is 2.28. The van der Waals surface area contributed by atoms with Gasteiger partial charge in [-0.2, -0.15) is 0 Å². The second kappa shape index (κ2) is 7.76. The fraction of sp³-hybridized carbons (Fsp3) is 0.500. The van der Waals surface area contributed by atoms with Gasteiger partial charge in [-0.15, -0.1) is 0 Å². The summed E-state index contributed by atoms with van der Waals surface area (Å²) in [6.45, 7) is 3.47. The first-order valence-electron chi connectivity index (χ1n) is 5.64. The Hall–Kier alpha value is -1.46. The van der Waals surface area contributed by atoms with Crippen molar-refractivity contribution in [3.8, 4) is 0 Å². The summed E-state index contributed by atoms with van der Waals surface area (Å²) in [5, 5.41) is 5.85. The van der Waals surface area contributed by atoms with Crippen LogP contribution in [0.2, 0.25) is 0 Å². The van der Waals surface area contributed by atoms with Crippen molar-refractivity contribution in [2.75, 3.05) is 26.8 Å². The molecule has 0 aliphatic heterocycles. The van der Waals surface area contributed by atoms with E-state index in [0.717, 1.165) is 5.69 Å². The summed E-state index contributed by atoms with van der Waals surface area (Å²) in [4.78, 5) is 15.7. The summed E-state index contributed by atoms with van der Waals surface area (Å²) in [5.41, 5.74) is 0.859. The van der Waals surface area contributed by atoms with E-state index in [2.05, 4.69) is 15.6 Å². The van der Waals surface area contributed by atoms with Gasteiger partial charge in [-0.25, -0.2) is 0 Å². The van der Waals surface area contributed by atoms with E-state index in [0.29, 0.717) is 19.7 Å². The number of carbonyl (C=O) groups is 1. The van der Waals surface area contributed by atoms with E-state index in [4.69, 9.17) is 4.74 Å². The van der Waals surface area contributed by atoms with Gasteiger partial charge in [0.2, 0.25) is 5.91 Å². The van der Waals surface area contributed by atoms with Crippen molar-refractivity contribution in [1.29, 1.82) is 0 Å². The van der Waals surface area contributed by atoms with Gasteiger partial charge in [0.05, 0.1) is 24.9 Å². The quantitative estimate of drug-likeness (QED) is 0.678. The number of ether oxygens (including phenoxy) is 1. The molecule has 2 N–H and O–H groups in total. The van der Waals surface area contributed by atoms with Crippen LogP contribution < -0.4 is 10.6 Å². The Kier molecular flexibility index (Phi) is 6.21. The summed E-state index contributed by atoms with van der Waals surface area (Å²) in [6, 6.07) is 5.57. The molecule has 0 radical (unpaired) electrons. The number of hydrogen-bond acceptors (Lipinski definition) is 4. The highest BCUT2D eigenvalue weighted by Gasteiger charge is 2.09. The Morgan fingerprint density at radius 2 is 2.35 bits per heavy atom. The molecule has 17 heavy (non-hydrogen) atoms. The molecule has 1 aromatic rings. The maximum absolute atomic E-state index is 11.5. The van der Waals surface area contributed by atoms with Crippen LogP contribution >= 0.6 is 0 Å². The topological polar surface area (TPSA) is 63.2 Å². The summed E-state index contributed by atoms with van der Waals surface area (Å²) >= 11 is 0. The SMILES string of the molecule is COCCNCC(=O)N[C@@H](C)c1ccccn1. The van der Waals surface area contributed by atoms with Gasteiger partial charge in [0, 0.05) is 19.9 Å². The number of methoxy groups -OCH3 is 1. The van der Waals surface area contributed by atoms with Crippen LogP contribution in [-0.4, -0.2) is 37.7 Å². The van der Waals surface area contributed by atoms with Gasteiger partial charge < -0.3 is 15.4 Å². The maximum Gasteiger partial charge on any atom is 0.234 e. The number of carbonyl (C=O) groups excluding carboxylic acids is 1. The zero-order chi connectivity index (χ0) is 12.5. The summed E-state index contributed by atoms with van der Waals surface area (Å²) in [6.07, 6.45) is 1.72. The number of nitrogens with one attached hydrogen (secondary N) is 2. The lowest BCUT2D eigenvalue weighted by Crippen LogP contribution is -2.36. The van der Waals surface area contributed by atoms with E-state index >= 15 is 0 Å². The van der Waals surface area contributed by atoms with Gasteiger partial charge in [-0.1, -0.05) is 6.07 Å². The minimum absolute atomic E-state index is 0.0424. The normalized spacial score (nSPS) is 12.1. The highest BCUT2D eigenvalue weighted by Crippen LogP contribution is 2.06. The average Bonchev–Trinajstić information content (AvgIpc) is 2.36. The number of nitrogens with zero attached hydrogens (tertiary/aromatic N) is 1. The second-order valence-electron chi connectivity index (χ2n) is 3.71. The molecule has 0 bridgehead atoms. The molecule has 0 aromatic carbocycles. The molecule has 1 atom stereocenters. The first-order valence-corrected chi connectivity index (χ1v) is 5.64. The Balaban J connectivity index is 2.26. The van der Waals surface area contributed by atoms with E-state index < -0.39 is 0 Å². The van der Waals surface area contributed by atoms with Crippen LogP contribution in [-0.2, 0) is 9.53 Å². The maximum atomic E-state index is 11.5. The standard InChI is InChI=1S/C12H19N3O2/c1-10(11-5-3-4-6-14-11)15-12(16)9-13-7-8-17-2/h3-6,10,13H,7-9H2,1-2H3,(H,15,16)/t10-/m0/s1. The van der Waals surface area contributed by atoms with Crippen LogP contribution in [0.25, 0.3) is 0 Å². The van der Waals surface area contributed by atoms with Crippen molar-refractivity contribution < 1.29 is 9.53 Å². The largest absolute Gasteiger partial charge is 0.383 e. The molecule has 1 rings (SSSR count). The van der Waals surface area contributed by atoms with Crippen molar-refractivity contribution >= 4 is 5.91 Å². The molecule has 1 amide bonds. The Morgan fingerprint density at radius 3 is 3.00 bits per heavy atom. The third-order valence-electron chi connectivity index (χ3n) is 2.28. The number of pyridine rings is 1. The number of rotatable bonds is 7. The second-order valence-corrected chi connectivity index (χ2v) is 3.71. The van der Waals surface area contributed by atoms with Crippen molar-refractivity contribution in [2.45, 2.75) is 13.0 Å². The number of aromatic nitrogens is 1. The van der Waals surface area contributed by atoms with Crippen LogP contribution in [0, 0.1) is 0 Å². The first kappa shape index (κ1) is 13.6. The lowest BCUT2D eigenvalue weighted by Gasteiger charge is -2.13. The molecule has 5 heteroatoms. The molecule has 0 spiro atoms. The summed E-state index contributed by atoms with van der Waals surface area (Å²) < 4.78 is 4.87. The molecule has 1 heterocycles. The first-order chi connectivity index (χ1) is 8.24. The smallest absolute Gasteiger partial charge is 0.234 e. The zero-order valence-corrected chi connectivity index (χ0v) is 10.3. The van der Waals surface area contributed by atoms with E-state index in [1.54, 1.807) is 13.3 Å². The minimum atomic E-state index is -0.0760. The number of amides is 1. The van der Waals surface area contributed by atoms with Gasteiger partial charge in [-0.3, -0.25) is 9.78 Å². The van der Waals surface area contributed by atoms with Gasteiger partial charge in [-0.05, 0) is 19.1 Å². The fourth-order valence-corrected chi connectivity index (χ4v) is 1.37. The van der Waals surface area contributed by atoms with Crippen LogP contribution in [0.3, 0.4) is 0 Å². The Labute approximate surface area is 102 Å². The van der Waals surface area contributed by atoms with E-state index in [1.165, 1.54) is 0 Å². The van der Waals surface area contributed by atoms with Crippen molar-refractivity contribution in [3.05, 3.63) is 30.1 Å². The van der Waals surface area contributed by atoms with Crippen LogP contribution in [0.15, 0.2) is 24.4 Å². The molecule has 5 nitrogen and oxygen atoms in total. The highest BCUT2D eigenvalue weighted by molar-refractivity contribution is 5.78. The van der Waals surface area contributed by atoms with Gasteiger partial charge in [0.25, 0.3) is 0 Å². The average molecular weight is 237 g/mol. The van der Waals surface area contributed by atoms with Gasteiger partial charge >= 0.3 is 0 Å². The molecule has 0 fully saturated rings. The molecule has 0 unspecified atom stereocenters. The lowest BCUT2D eigenvalue weighted by molar-refractivity contribution is -0.120. The molecule has 0 saturated carbocycles. The zero-order valence-electron chi connectivity index (χ0n) is 10.3. The predicted molar refractivity (Wildman–Crippen MR) is 65.5 cm³/mol. The lowest BCUT2D eigenvalue weighted by atomic mass is 10.2. The van der Waals surface area contributed by atoms with Gasteiger partial charge in [0.1, 0.15) is 0 Å². The third kappa shape index (κ3) is 5.42. The Bertz CT molecular complexity index is 330. The van der Waals surface area contributed by atoms with Gasteiger partial charge in [0.15, 0.2) is 0 Å². The van der Waals surface area contributed by atoms with Crippen LogP contribution in [0.5, 0.6) is 0 Å². The van der Waals surface area contributed by atoms with Crippen LogP contribution in [0.4, 0.5) is 0 Å². The molecular weight excluding hydrogens is 218 g/mol. The van der Waals surface area contributed by atoms with Crippen molar-refractivity contribution in [3.63, 3.8) is 0 Å². The predicted octanol–water partition coefficient (Wildman–Crippen LogP) is 0.495. The minimum Gasteiger partial charge on any atom is -0.383 e. The monoisotopic (exact) mass is 237 g/mol. The molecule has 1 aromatic heterocycles. The molecule has 94 valence electrons. The molecule has 0 saturated heterocycles. The van der Waals surface area contributed by atoms with E-state index in [9.17, 15) is 4.79 Å². The molecular formula is C12H19N3O2. The summed E-state index contributed by atoms with van der Waals surface area (Å²) in [5.74, 6) is -0.0424. The fourth-order valence-electron chi connectivity index (χ4n) is 1.37.